The topological polar surface area (TPSA) is 21.3 Å². The van der Waals surface area contributed by atoms with Crippen molar-refractivity contribution in [3.63, 3.8) is 0 Å². The monoisotopic (exact) mass is 247 g/mol. The lowest BCUT2D eigenvalue weighted by atomic mass is 10.1. The van der Waals surface area contributed by atoms with E-state index in [2.05, 4.69) is 18.3 Å². The van der Waals surface area contributed by atoms with Crippen molar-refractivity contribution in [2.24, 2.45) is 5.92 Å². The fraction of sp³-hybridized carbons (Fsp3) is 0.636. The third-order valence-corrected chi connectivity index (χ3v) is 3.41. The van der Waals surface area contributed by atoms with Crippen LogP contribution >= 0.6 is 22.9 Å². The van der Waals surface area contributed by atoms with Gasteiger partial charge in [0.05, 0.1) is 10.9 Å². The number of halogens is 1. The van der Waals surface area contributed by atoms with Crippen LogP contribution in [0.1, 0.15) is 11.8 Å². The number of nitrogens with one attached hydrogen (secondary N) is 1. The second kappa shape index (κ2) is 7.23. The van der Waals surface area contributed by atoms with Crippen LogP contribution in [0.5, 0.6) is 0 Å². The SMILES string of the molecule is COCCNCC(C)Cc1ccc(Cl)s1. The van der Waals surface area contributed by atoms with Crippen molar-refractivity contribution in [3.05, 3.63) is 21.3 Å². The normalized spacial score (nSPS) is 13.0. The van der Waals surface area contributed by atoms with E-state index in [1.807, 2.05) is 6.07 Å². The molecule has 0 fully saturated rings. The van der Waals surface area contributed by atoms with Gasteiger partial charge < -0.3 is 10.1 Å². The Morgan fingerprint density at radius 3 is 2.93 bits per heavy atom. The van der Waals surface area contributed by atoms with Gasteiger partial charge >= 0.3 is 0 Å². The summed E-state index contributed by atoms with van der Waals surface area (Å²) in [4.78, 5) is 1.36. The Morgan fingerprint density at radius 1 is 1.53 bits per heavy atom. The fourth-order valence-corrected chi connectivity index (χ4v) is 2.65. The number of rotatable bonds is 7. The minimum atomic E-state index is 0.636. The minimum absolute atomic E-state index is 0.636. The largest absolute Gasteiger partial charge is 0.383 e. The highest BCUT2D eigenvalue weighted by Gasteiger charge is 2.05. The summed E-state index contributed by atoms with van der Waals surface area (Å²) in [5.74, 6) is 0.636. The van der Waals surface area contributed by atoms with Crippen molar-refractivity contribution in [2.75, 3.05) is 26.8 Å². The van der Waals surface area contributed by atoms with Crippen molar-refractivity contribution in [2.45, 2.75) is 13.3 Å². The Hall–Kier alpha value is -0.0900. The maximum Gasteiger partial charge on any atom is 0.0931 e. The highest BCUT2D eigenvalue weighted by atomic mass is 35.5. The molecule has 1 aromatic rings. The predicted molar refractivity (Wildman–Crippen MR) is 66.9 cm³/mol. The van der Waals surface area contributed by atoms with Crippen LogP contribution in [0.4, 0.5) is 0 Å². The summed E-state index contributed by atoms with van der Waals surface area (Å²) in [7, 11) is 1.72. The van der Waals surface area contributed by atoms with Crippen LogP contribution in [0.3, 0.4) is 0 Å². The van der Waals surface area contributed by atoms with Crippen LogP contribution in [0.25, 0.3) is 0 Å². The summed E-state index contributed by atoms with van der Waals surface area (Å²) in [6.45, 7) is 4.97. The highest BCUT2D eigenvalue weighted by molar-refractivity contribution is 7.16. The van der Waals surface area contributed by atoms with Crippen LogP contribution in [-0.2, 0) is 11.2 Å². The molecule has 0 amide bonds. The van der Waals surface area contributed by atoms with Crippen molar-refractivity contribution >= 4 is 22.9 Å². The van der Waals surface area contributed by atoms with E-state index in [0.717, 1.165) is 30.5 Å². The van der Waals surface area contributed by atoms with Gasteiger partial charge in [-0.25, -0.2) is 0 Å². The lowest BCUT2D eigenvalue weighted by molar-refractivity contribution is 0.198. The third-order valence-electron chi connectivity index (χ3n) is 2.15. The van der Waals surface area contributed by atoms with Gasteiger partial charge in [-0.1, -0.05) is 18.5 Å². The molecule has 1 aromatic heterocycles. The first kappa shape index (κ1) is 13.0. The van der Waals surface area contributed by atoms with Crippen LogP contribution in [0.2, 0.25) is 4.34 Å². The van der Waals surface area contributed by atoms with E-state index in [1.165, 1.54) is 4.88 Å². The lowest BCUT2D eigenvalue weighted by Crippen LogP contribution is -2.25. The molecule has 1 N–H and O–H groups in total. The molecule has 4 heteroatoms. The van der Waals surface area contributed by atoms with Crippen LogP contribution in [0.15, 0.2) is 12.1 Å². The van der Waals surface area contributed by atoms with Gasteiger partial charge in [0.2, 0.25) is 0 Å². The summed E-state index contributed by atoms with van der Waals surface area (Å²) in [6.07, 6.45) is 1.09. The molecule has 86 valence electrons. The molecule has 0 saturated carbocycles. The molecular formula is C11H18ClNOS. The Morgan fingerprint density at radius 2 is 2.33 bits per heavy atom. The van der Waals surface area contributed by atoms with Crippen LogP contribution in [-0.4, -0.2) is 26.8 Å². The molecule has 0 saturated heterocycles. The van der Waals surface area contributed by atoms with E-state index in [1.54, 1.807) is 18.4 Å². The van der Waals surface area contributed by atoms with Crippen molar-refractivity contribution < 1.29 is 4.74 Å². The van der Waals surface area contributed by atoms with Gasteiger partial charge in [0.25, 0.3) is 0 Å². The molecule has 1 atom stereocenters. The second-order valence-corrected chi connectivity index (χ2v) is 5.51. The second-order valence-electron chi connectivity index (χ2n) is 3.71. The Kier molecular flexibility index (Phi) is 6.25. The smallest absolute Gasteiger partial charge is 0.0931 e. The van der Waals surface area contributed by atoms with Crippen LogP contribution < -0.4 is 5.32 Å². The zero-order valence-corrected chi connectivity index (χ0v) is 10.8. The van der Waals surface area contributed by atoms with Crippen molar-refractivity contribution in [1.82, 2.24) is 5.32 Å². The molecule has 0 radical (unpaired) electrons. The summed E-state index contributed by atoms with van der Waals surface area (Å²) < 4.78 is 5.85. The summed E-state index contributed by atoms with van der Waals surface area (Å²) in [6, 6.07) is 4.07. The van der Waals surface area contributed by atoms with Gasteiger partial charge in [-0.3, -0.25) is 0 Å². The standard InChI is InChI=1S/C11H18ClNOS/c1-9(8-13-5-6-14-2)7-10-3-4-11(12)15-10/h3-4,9,13H,5-8H2,1-2H3. The molecule has 0 aromatic carbocycles. The molecule has 0 spiro atoms. The number of hydrogen-bond donors (Lipinski definition) is 1. The number of thiophene rings is 1. The predicted octanol–water partition coefficient (Wildman–Crippen LogP) is 2.82. The van der Waals surface area contributed by atoms with Gasteiger partial charge in [0.15, 0.2) is 0 Å². The fourth-order valence-electron chi connectivity index (χ4n) is 1.40. The molecule has 1 unspecified atom stereocenters. The molecule has 15 heavy (non-hydrogen) atoms. The number of ether oxygens (including phenoxy) is 1. The van der Waals surface area contributed by atoms with Gasteiger partial charge in [0.1, 0.15) is 0 Å². The highest BCUT2D eigenvalue weighted by Crippen LogP contribution is 2.23. The first-order chi connectivity index (χ1) is 7.22. The first-order valence-corrected chi connectivity index (χ1v) is 6.35. The lowest BCUT2D eigenvalue weighted by Gasteiger charge is -2.10. The maximum absolute atomic E-state index is 5.88. The molecule has 0 aliphatic heterocycles. The zero-order valence-electron chi connectivity index (χ0n) is 9.25. The maximum atomic E-state index is 5.88. The quantitative estimate of drug-likeness (QED) is 0.749. The average Bonchev–Trinajstić information content (AvgIpc) is 2.59. The molecule has 1 rings (SSSR count). The van der Waals surface area contributed by atoms with Crippen molar-refractivity contribution in [1.29, 1.82) is 0 Å². The summed E-state index contributed by atoms with van der Waals surface area (Å²) >= 11 is 7.55. The van der Waals surface area contributed by atoms with E-state index >= 15 is 0 Å². The van der Waals surface area contributed by atoms with Gasteiger partial charge in [-0.15, -0.1) is 11.3 Å². The molecule has 0 bridgehead atoms. The molecule has 1 heterocycles. The van der Waals surface area contributed by atoms with Gasteiger partial charge in [-0.05, 0) is 31.0 Å². The molecule has 2 nitrogen and oxygen atoms in total. The summed E-state index contributed by atoms with van der Waals surface area (Å²) in [5, 5.41) is 3.36. The molecule has 0 aliphatic rings. The molecular weight excluding hydrogens is 230 g/mol. The van der Waals surface area contributed by atoms with Crippen LogP contribution in [0, 0.1) is 5.92 Å². The molecule has 0 aliphatic carbocycles. The average molecular weight is 248 g/mol. The van der Waals surface area contributed by atoms with Crippen molar-refractivity contribution in [3.8, 4) is 0 Å². The van der Waals surface area contributed by atoms with E-state index in [4.69, 9.17) is 16.3 Å². The Labute approximate surface area is 101 Å². The Bertz CT molecular complexity index is 277. The Balaban J connectivity index is 2.15. The van der Waals surface area contributed by atoms with Gasteiger partial charge in [0, 0.05) is 18.5 Å². The van der Waals surface area contributed by atoms with Gasteiger partial charge in [-0.2, -0.15) is 0 Å². The third kappa shape index (κ3) is 5.52. The van der Waals surface area contributed by atoms with E-state index in [9.17, 15) is 0 Å². The van der Waals surface area contributed by atoms with E-state index in [-0.39, 0.29) is 0 Å². The number of methoxy groups -OCH3 is 1. The number of hydrogen-bond acceptors (Lipinski definition) is 3. The zero-order chi connectivity index (χ0) is 11.1. The first-order valence-electron chi connectivity index (χ1n) is 5.16. The summed E-state index contributed by atoms with van der Waals surface area (Å²) in [5.41, 5.74) is 0. The van der Waals surface area contributed by atoms with E-state index < -0.39 is 0 Å². The van der Waals surface area contributed by atoms with E-state index in [0.29, 0.717) is 5.92 Å². The minimum Gasteiger partial charge on any atom is -0.383 e.